The summed E-state index contributed by atoms with van der Waals surface area (Å²) in [4.78, 5) is 11.6. The van der Waals surface area contributed by atoms with Gasteiger partial charge in [-0.15, -0.1) is 0 Å². The van der Waals surface area contributed by atoms with Crippen molar-refractivity contribution in [2.45, 2.75) is 26.8 Å². The highest BCUT2D eigenvalue weighted by Crippen LogP contribution is 2.27. The van der Waals surface area contributed by atoms with Gasteiger partial charge in [0.2, 0.25) is 0 Å². The first-order chi connectivity index (χ1) is 8.52. The summed E-state index contributed by atoms with van der Waals surface area (Å²) < 4.78 is 6.65. The van der Waals surface area contributed by atoms with Gasteiger partial charge in [-0.2, -0.15) is 5.10 Å². The fourth-order valence-electron chi connectivity index (χ4n) is 1.72. The molecule has 96 valence electrons. The van der Waals surface area contributed by atoms with Crippen LogP contribution in [0.2, 0.25) is 0 Å². The lowest BCUT2D eigenvalue weighted by atomic mass is 10.1. The van der Waals surface area contributed by atoms with Gasteiger partial charge < -0.3 is 9.84 Å². The zero-order valence-corrected chi connectivity index (χ0v) is 10.7. The molecule has 0 unspecified atom stereocenters. The Labute approximate surface area is 105 Å². The van der Waals surface area contributed by atoms with Crippen LogP contribution < -0.4 is 0 Å². The van der Waals surface area contributed by atoms with Crippen molar-refractivity contribution < 1.29 is 14.6 Å². The summed E-state index contributed by atoms with van der Waals surface area (Å²) in [5, 5.41) is 14.9. The second kappa shape index (κ2) is 4.68. The number of phenols is 1. The van der Waals surface area contributed by atoms with Crippen LogP contribution in [0, 0.1) is 0 Å². The lowest BCUT2D eigenvalue weighted by Crippen LogP contribution is -2.04. The molecular formula is C13H16N2O3. The van der Waals surface area contributed by atoms with Crippen LogP contribution >= 0.6 is 0 Å². The first-order valence-electron chi connectivity index (χ1n) is 5.92. The molecule has 5 heteroatoms. The third-order valence-electron chi connectivity index (χ3n) is 2.66. The molecule has 1 aromatic heterocycles. The van der Waals surface area contributed by atoms with Crippen molar-refractivity contribution in [3.63, 3.8) is 0 Å². The highest BCUT2D eigenvalue weighted by Gasteiger charge is 2.14. The molecule has 2 rings (SSSR count). The number of nitrogens with zero attached hydrogens (tertiary/aromatic N) is 2. The molecule has 0 radical (unpaired) electrons. The molecule has 0 saturated heterocycles. The smallest absolute Gasteiger partial charge is 0.338 e. The third kappa shape index (κ3) is 2.16. The predicted molar refractivity (Wildman–Crippen MR) is 67.7 cm³/mol. The summed E-state index contributed by atoms with van der Waals surface area (Å²) in [6, 6.07) is 3.24. The summed E-state index contributed by atoms with van der Waals surface area (Å²) in [6.45, 7) is 6.03. The Morgan fingerprint density at radius 3 is 2.83 bits per heavy atom. The molecule has 0 saturated carbocycles. The normalized spacial score (nSPS) is 11.1. The largest absolute Gasteiger partial charge is 0.507 e. The van der Waals surface area contributed by atoms with Crippen LogP contribution in [0.4, 0.5) is 0 Å². The highest BCUT2D eigenvalue weighted by atomic mass is 16.5. The van der Waals surface area contributed by atoms with Crippen LogP contribution in [0.1, 0.15) is 37.2 Å². The van der Waals surface area contributed by atoms with Gasteiger partial charge in [-0.1, -0.05) is 0 Å². The summed E-state index contributed by atoms with van der Waals surface area (Å²) in [7, 11) is 0. The number of carbonyl (C=O) groups is 1. The summed E-state index contributed by atoms with van der Waals surface area (Å²) in [6.07, 6.45) is 1.77. The van der Waals surface area contributed by atoms with Gasteiger partial charge in [-0.05, 0) is 32.9 Å². The van der Waals surface area contributed by atoms with E-state index >= 15 is 0 Å². The van der Waals surface area contributed by atoms with Gasteiger partial charge in [0, 0.05) is 12.2 Å². The number of ether oxygens (including phenoxy) is 1. The van der Waals surface area contributed by atoms with Crippen LogP contribution in [0.3, 0.4) is 0 Å². The number of hydrogen-bond acceptors (Lipinski definition) is 4. The van der Waals surface area contributed by atoms with Crippen molar-refractivity contribution in [3.05, 3.63) is 23.9 Å². The van der Waals surface area contributed by atoms with E-state index in [0.29, 0.717) is 23.1 Å². The van der Waals surface area contributed by atoms with E-state index in [1.54, 1.807) is 23.9 Å². The number of aromatic nitrogens is 2. The topological polar surface area (TPSA) is 64.3 Å². The monoisotopic (exact) mass is 248 g/mol. The van der Waals surface area contributed by atoms with Crippen molar-refractivity contribution in [2.75, 3.05) is 6.61 Å². The number of esters is 1. The van der Waals surface area contributed by atoms with Crippen LogP contribution in [-0.4, -0.2) is 27.5 Å². The Morgan fingerprint density at radius 2 is 2.22 bits per heavy atom. The van der Waals surface area contributed by atoms with Crippen molar-refractivity contribution in [1.29, 1.82) is 0 Å². The van der Waals surface area contributed by atoms with Gasteiger partial charge in [0.15, 0.2) is 0 Å². The SMILES string of the molecule is CCOC(=O)c1cc(O)c2cn(C(C)C)nc2c1. The van der Waals surface area contributed by atoms with Gasteiger partial charge >= 0.3 is 5.97 Å². The summed E-state index contributed by atoms with van der Waals surface area (Å²) in [5.74, 6) is -0.406. The number of benzene rings is 1. The number of carbonyl (C=O) groups excluding carboxylic acids is 1. The van der Waals surface area contributed by atoms with E-state index in [2.05, 4.69) is 5.10 Å². The van der Waals surface area contributed by atoms with E-state index in [1.165, 1.54) is 6.07 Å². The van der Waals surface area contributed by atoms with Gasteiger partial charge in [0.05, 0.1) is 23.1 Å². The van der Waals surface area contributed by atoms with E-state index in [0.717, 1.165) is 0 Å². The second-order valence-corrected chi connectivity index (χ2v) is 4.35. The fraction of sp³-hybridized carbons (Fsp3) is 0.385. The Hall–Kier alpha value is -2.04. The van der Waals surface area contributed by atoms with Gasteiger partial charge in [-0.3, -0.25) is 4.68 Å². The molecule has 5 nitrogen and oxygen atoms in total. The molecule has 0 spiro atoms. The maximum absolute atomic E-state index is 11.6. The van der Waals surface area contributed by atoms with E-state index in [-0.39, 0.29) is 11.8 Å². The molecule has 1 N–H and O–H groups in total. The molecule has 0 aliphatic heterocycles. The van der Waals surface area contributed by atoms with Crippen molar-refractivity contribution in [1.82, 2.24) is 9.78 Å². The minimum absolute atomic E-state index is 0.0439. The molecule has 1 aromatic carbocycles. The van der Waals surface area contributed by atoms with Crippen molar-refractivity contribution >= 4 is 16.9 Å². The summed E-state index contributed by atoms with van der Waals surface area (Å²) in [5.41, 5.74) is 0.905. The molecule has 0 amide bonds. The fourth-order valence-corrected chi connectivity index (χ4v) is 1.72. The van der Waals surface area contributed by atoms with Gasteiger partial charge in [0.25, 0.3) is 0 Å². The van der Waals surface area contributed by atoms with Gasteiger partial charge in [-0.25, -0.2) is 4.79 Å². The van der Waals surface area contributed by atoms with Crippen LogP contribution in [0.25, 0.3) is 10.9 Å². The number of phenolic OH excluding ortho intramolecular Hbond substituents is 1. The molecule has 0 fully saturated rings. The van der Waals surface area contributed by atoms with E-state index in [4.69, 9.17) is 4.74 Å². The van der Waals surface area contributed by atoms with E-state index in [9.17, 15) is 9.90 Å². The van der Waals surface area contributed by atoms with Crippen LogP contribution in [0.5, 0.6) is 5.75 Å². The number of fused-ring (bicyclic) bond motifs is 1. The highest BCUT2D eigenvalue weighted by molar-refractivity contribution is 5.96. The van der Waals surface area contributed by atoms with Crippen molar-refractivity contribution in [2.24, 2.45) is 0 Å². The Bertz CT molecular complexity index is 587. The van der Waals surface area contributed by atoms with Crippen LogP contribution in [-0.2, 0) is 4.74 Å². The Kier molecular flexibility index (Phi) is 3.23. The maximum Gasteiger partial charge on any atom is 0.338 e. The minimum atomic E-state index is -0.450. The first kappa shape index (κ1) is 12.4. The molecule has 0 bridgehead atoms. The molecule has 0 atom stereocenters. The Balaban J connectivity index is 2.51. The first-order valence-corrected chi connectivity index (χ1v) is 5.92. The van der Waals surface area contributed by atoms with Crippen molar-refractivity contribution in [3.8, 4) is 5.75 Å². The molecular weight excluding hydrogens is 232 g/mol. The lowest BCUT2D eigenvalue weighted by Gasteiger charge is -2.02. The molecule has 2 aromatic rings. The van der Waals surface area contributed by atoms with Crippen LogP contribution in [0.15, 0.2) is 18.3 Å². The van der Waals surface area contributed by atoms with E-state index in [1.807, 2.05) is 13.8 Å². The molecule has 0 aliphatic carbocycles. The molecule has 0 aliphatic rings. The minimum Gasteiger partial charge on any atom is -0.507 e. The third-order valence-corrected chi connectivity index (χ3v) is 2.66. The lowest BCUT2D eigenvalue weighted by molar-refractivity contribution is 0.0526. The Morgan fingerprint density at radius 1 is 1.50 bits per heavy atom. The van der Waals surface area contributed by atoms with E-state index < -0.39 is 5.97 Å². The maximum atomic E-state index is 11.6. The molecule has 1 heterocycles. The second-order valence-electron chi connectivity index (χ2n) is 4.35. The average molecular weight is 248 g/mol. The predicted octanol–water partition coefficient (Wildman–Crippen LogP) is 2.50. The zero-order valence-electron chi connectivity index (χ0n) is 10.7. The average Bonchev–Trinajstić information content (AvgIpc) is 2.73. The number of hydrogen-bond donors (Lipinski definition) is 1. The number of rotatable bonds is 3. The zero-order chi connectivity index (χ0) is 13.3. The van der Waals surface area contributed by atoms with Gasteiger partial charge in [0.1, 0.15) is 5.75 Å². The molecule has 18 heavy (non-hydrogen) atoms. The quantitative estimate of drug-likeness (QED) is 0.847. The standard InChI is InChI=1S/C13H16N2O3/c1-4-18-13(17)9-5-11-10(12(16)6-9)7-15(14-11)8(2)3/h5-8,16H,4H2,1-3H3. The summed E-state index contributed by atoms with van der Waals surface area (Å²) >= 11 is 0. The number of aromatic hydroxyl groups is 1.